The molecule has 0 saturated carbocycles. The third-order valence-electron chi connectivity index (χ3n) is 5.47. The van der Waals surface area contributed by atoms with E-state index in [0.29, 0.717) is 18.9 Å². The minimum absolute atomic E-state index is 0.218. The van der Waals surface area contributed by atoms with Crippen molar-refractivity contribution in [3.05, 3.63) is 18.2 Å². The van der Waals surface area contributed by atoms with Crippen LogP contribution in [-0.4, -0.2) is 59.7 Å². The van der Waals surface area contributed by atoms with Gasteiger partial charge in [0.2, 0.25) is 0 Å². The highest BCUT2D eigenvalue weighted by atomic mass is 28.4. The Balaban J connectivity index is 1.85. The Labute approximate surface area is 154 Å². The Morgan fingerprint density at radius 2 is 1.72 bits per heavy atom. The quantitative estimate of drug-likeness (QED) is 0.475. The molecule has 6 heteroatoms. The Morgan fingerprint density at radius 3 is 2.28 bits per heavy atom. The molecule has 0 radical (unpaired) electrons. The van der Waals surface area contributed by atoms with E-state index in [-0.39, 0.29) is 5.04 Å². The highest BCUT2D eigenvalue weighted by Crippen LogP contribution is 2.36. The van der Waals surface area contributed by atoms with Gasteiger partial charge in [0.1, 0.15) is 12.4 Å². The van der Waals surface area contributed by atoms with E-state index >= 15 is 0 Å². The lowest BCUT2D eigenvalue weighted by Gasteiger charge is -2.36. The summed E-state index contributed by atoms with van der Waals surface area (Å²) in [4.78, 5) is 4.72. The molecule has 0 aliphatic carbocycles. The molecule has 0 atom stereocenters. The van der Waals surface area contributed by atoms with Crippen molar-refractivity contribution in [1.82, 2.24) is 4.90 Å². The molecule has 2 N–H and O–H groups in total. The molecular weight excluding hydrogens is 330 g/mol. The molecule has 2 rings (SSSR count). The van der Waals surface area contributed by atoms with Crippen LogP contribution in [0.25, 0.3) is 0 Å². The van der Waals surface area contributed by atoms with E-state index in [1.165, 1.54) is 5.69 Å². The van der Waals surface area contributed by atoms with E-state index in [1.807, 2.05) is 12.1 Å². The van der Waals surface area contributed by atoms with Gasteiger partial charge in [0.25, 0.3) is 0 Å². The number of hydrogen-bond acceptors (Lipinski definition) is 5. The minimum atomic E-state index is -1.72. The van der Waals surface area contributed by atoms with Crippen molar-refractivity contribution in [3.63, 3.8) is 0 Å². The predicted molar refractivity (Wildman–Crippen MR) is 109 cm³/mol. The first kappa shape index (κ1) is 20.1. The number of rotatable bonds is 6. The molecule has 0 bridgehead atoms. The Bertz CT molecular complexity index is 564. The zero-order valence-corrected chi connectivity index (χ0v) is 17.8. The summed E-state index contributed by atoms with van der Waals surface area (Å²) >= 11 is 0. The Kier molecular flexibility index (Phi) is 6.40. The first-order valence-corrected chi connectivity index (χ1v) is 12.1. The van der Waals surface area contributed by atoms with Crippen LogP contribution in [0.1, 0.15) is 20.8 Å². The first-order valence-electron chi connectivity index (χ1n) is 9.20. The number of nitrogens with zero attached hydrogens (tertiary/aromatic N) is 2. The average molecular weight is 366 g/mol. The van der Waals surface area contributed by atoms with Gasteiger partial charge in [-0.3, -0.25) is 0 Å². The van der Waals surface area contributed by atoms with Gasteiger partial charge in [-0.25, -0.2) is 0 Å². The molecule has 0 unspecified atom stereocenters. The topological polar surface area (TPSA) is 51.0 Å². The molecule has 0 spiro atoms. The average Bonchev–Trinajstić information content (AvgIpc) is 2.52. The van der Waals surface area contributed by atoms with Crippen molar-refractivity contribution < 1.29 is 9.16 Å². The smallest absolute Gasteiger partial charge is 0.192 e. The summed E-state index contributed by atoms with van der Waals surface area (Å²) in [6.45, 7) is 16.6. The van der Waals surface area contributed by atoms with E-state index in [9.17, 15) is 0 Å². The summed E-state index contributed by atoms with van der Waals surface area (Å²) in [5.41, 5.74) is 8.07. The van der Waals surface area contributed by atoms with Gasteiger partial charge in [0.15, 0.2) is 8.32 Å². The van der Waals surface area contributed by atoms with E-state index in [1.54, 1.807) is 0 Å². The fraction of sp³-hybridized carbons (Fsp3) is 0.684. The van der Waals surface area contributed by atoms with Crippen LogP contribution in [0.2, 0.25) is 18.1 Å². The molecule has 1 saturated heterocycles. The number of anilines is 2. The number of nitrogens with two attached hydrogens (primary N) is 1. The maximum absolute atomic E-state index is 6.20. The second-order valence-corrected chi connectivity index (χ2v) is 13.3. The number of piperazine rings is 1. The largest absolute Gasteiger partial charge is 0.489 e. The van der Waals surface area contributed by atoms with E-state index in [4.69, 9.17) is 14.9 Å². The third-order valence-corrected chi connectivity index (χ3v) is 10.0. The maximum atomic E-state index is 6.20. The van der Waals surface area contributed by atoms with Gasteiger partial charge in [0.05, 0.1) is 12.3 Å². The van der Waals surface area contributed by atoms with Crippen molar-refractivity contribution in [1.29, 1.82) is 0 Å². The predicted octanol–water partition coefficient (Wildman–Crippen LogP) is 3.42. The van der Waals surface area contributed by atoms with Gasteiger partial charge < -0.3 is 24.7 Å². The van der Waals surface area contributed by atoms with Gasteiger partial charge in [-0.15, -0.1) is 0 Å². The van der Waals surface area contributed by atoms with Crippen molar-refractivity contribution in [3.8, 4) is 5.75 Å². The molecule has 0 amide bonds. The summed E-state index contributed by atoms with van der Waals surface area (Å²) in [6.07, 6.45) is 0. The number of benzene rings is 1. The minimum Gasteiger partial charge on any atom is -0.489 e. The highest BCUT2D eigenvalue weighted by molar-refractivity contribution is 6.74. The number of ether oxygens (including phenoxy) is 1. The second kappa shape index (κ2) is 7.97. The molecule has 1 fully saturated rings. The van der Waals surface area contributed by atoms with Crippen molar-refractivity contribution in [2.24, 2.45) is 0 Å². The van der Waals surface area contributed by atoms with Gasteiger partial charge >= 0.3 is 0 Å². The third kappa shape index (κ3) is 5.36. The summed E-state index contributed by atoms with van der Waals surface area (Å²) in [7, 11) is 0.445. The SMILES string of the molecule is CN1CCN(c2ccc(OCCO[Si](C)(C)C(C)(C)C)c(N)c2)CC1. The van der Waals surface area contributed by atoms with Crippen LogP contribution >= 0.6 is 0 Å². The lowest BCUT2D eigenvalue weighted by Crippen LogP contribution is -2.44. The van der Waals surface area contributed by atoms with Crippen LogP contribution in [0, 0.1) is 0 Å². The van der Waals surface area contributed by atoms with E-state index in [0.717, 1.165) is 31.9 Å². The Hall–Kier alpha value is -1.24. The molecule has 1 aliphatic rings. The van der Waals surface area contributed by atoms with Crippen LogP contribution in [0.15, 0.2) is 18.2 Å². The van der Waals surface area contributed by atoms with Gasteiger partial charge in [-0.1, -0.05) is 20.8 Å². The summed E-state index contributed by atoms with van der Waals surface area (Å²) in [5, 5.41) is 0.218. The van der Waals surface area contributed by atoms with Crippen LogP contribution < -0.4 is 15.4 Å². The van der Waals surface area contributed by atoms with Crippen molar-refractivity contribution in [2.75, 3.05) is 57.1 Å². The van der Waals surface area contributed by atoms with Crippen LogP contribution in [0.4, 0.5) is 11.4 Å². The zero-order chi connectivity index (χ0) is 18.7. The molecule has 1 heterocycles. The van der Waals surface area contributed by atoms with Crippen LogP contribution in [-0.2, 0) is 4.43 Å². The molecule has 1 aliphatic heterocycles. The number of nitrogen functional groups attached to an aromatic ring is 1. The zero-order valence-electron chi connectivity index (χ0n) is 16.8. The summed E-state index contributed by atoms with van der Waals surface area (Å²) in [5.74, 6) is 0.747. The van der Waals surface area contributed by atoms with Gasteiger partial charge in [-0.2, -0.15) is 0 Å². The van der Waals surface area contributed by atoms with E-state index < -0.39 is 8.32 Å². The molecule has 5 nitrogen and oxygen atoms in total. The molecule has 0 aromatic heterocycles. The standard InChI is InChI=1S/C19H35N3O2Si/c1-19(2,3)25(5,6)24-14-13-23-18-8-7-16(15-17(18)20)22-11-9-21(4)10-12-22/h7-8,15H,9-14,20H2,1-6H3. The first-order chi connectivity index (χ1) is 11.6. The monoisotopic (exact) mass is 365 g/mol. The van der Waals surface area contributed by atoms with E-state index in [2.05, 4.69) is 56.8 Å². The van der Waals surface area contributed by atoms with Crippen molar-refractivity contribution in [2.45, 2.75) is 38.9 Å². The highest BCUT2D eigenvalue weighted by Gasteiger charge is 2.36. The van der Waals surface area contributed by atoms with Crippen LogP contribution in [0.3, 0.4) is 0 Å². The lowest BCUT2D eigenvalue weighted by molar-refractivity contribution is 0.204. The molecule has 1 aromatic rings. The normalized spacial score (nSPS) is 17.0. The van der Waals surface area contributed by atoms with Gasteiger partial charge in [0, 0.05) is 31.9 Å². The number of hydrogen-bond donors (Lipinski definition) is 1. The second-order valence-electron chi connectivity index (χ2n) is 8.47. The molecular formula is C19H35N3O2Si. The van der Waals surface area contributed by atoms with Crippen LogP contribution in [0.5, 0.6) is 5.75 Å². The van der Waals surface area contributed by atoms with Gasteiger partial charge in [-0.05, 0) is 43.4 Å². The lowest BCUT2D eigenvalue weighted by atomic mass is 10.2. The molecule has 25 heavy (non-hydrogen) atoms. The fourth-order valence-corrected chi connectivity index (χ4v) is 3.62. The summed E-state index contributed by atoms with van der Waals surface area (Å²) < 4.78 is 12.0. The Morgan fingerprint density at radius 1 is 1.08 bits per heavy atom. The maximum Gasteiger partial charge on any atom is 0.192 e. The fourth-order valence-electron chi connectivity index (χ4n) is 2.59. The number of likely N-dealkylation sites (N-methyl/N-ethyl adjacent to an activating group) is 1. The van der Waals surface area contributed by atoms with Crippen molar-refractivity contribution >= 4 is 19.7 Å². The molecule has 142 valence electrons. The summed E-state index contributed by atoms with van der Waals surface area (Å²) in [6, 6.07) is 6.11. The molecule has 1 aromatic carbocycles.